The SMILES string of the molecule is CCCCC(CC)COC(=O)/C(C#N)=C\c1ccc(C(=O)O)cc1. The Bertz CT molecular complexity index is 626. The molecule has 0 aliphatic heterocycles. The normalized spacial score (nSPS) is 12.3. The fourth-order valence-electron chi connectivity index (χ4n) is 2.19. The fourth-order valence-corrected chi connectivity index (χ4v) is 2.19. The Kier molecular flexibility index (Phi) is 8.28. The van der Waals surface area contributed by atoms with Gasteiger partial charge in [-0.2, -0.15) is 5.26 Å². The quantitative estimate of drug-likeness (QED) is 0.419. The summed E-state index contributed by atoms with van der Waals surface area (Å²) < 4.78 is 5.26. The van der Waals surface area contributed by atoms with E-state index in [-0.39, 0.29) is 11.1 Å². The summed E-state index contributed by atoms with van der Waals surface area (Å²) in [6.07, 6.45) is 5.52. The van der Waals surface area contributed by atoms with Crippen molar-refractivity contribution in [3.05, 3.63) is 41.0 Å². The summed E-state index contributed by atoms with van der Waals surface area (Å²) in [6, 6.07) is 7.78. The standard InChI is InChI=1S/C19H23NO4/c1-3-5-6-14(4-2)13-24-19(23)17(12-20)11-15-7-9-16(10-8-15)18(21)22/h7-11,14H,3-6,13H2,1-2H3,(H,21,22)/b17-11-. The maximum Gasteiger partial charge on any atom is 0.348 e. The molecular weight excluding hydrogens is 306 g/mol. The van der Waals surface area contributed by atoms with Gasteiger partial charge in [0.1, 0.15) is 11.6 Å². The Morgan fingerprint density at radius 3 is 2.46 bits per heavy atom. The van der Waals surface area contributed by atoms with E-state index in [9.17, 15) is 9.59 Å². The molecule has 0 spiro atoms. The van der Waals surface area contributed by atoms with Gasteiger partial charge in [-0.05, 0) is 36.1 Å². The van der Waals surface area contributed by atoms with Crippen molar-refractivity contribution < 1.29 is 19.4 Å². The topological polar surface area (TPSA) is 87.4 Å². The van der Waals surface area contributed by atoms with Gasteiger partial charge in [-0.25, -0.2) is 9.59 Å². The van der Waals surface area contributed by atoms with Crippen LogP contribution in [0.2, 0.25) is 0 Å². The van der Waals surface area contributed by atoms with Gasteiger partial charge in [0.25, 0.3) is 0 Å². The number of hydrogen-bond donors (Lipinski definition) is 1. The van der Waals surface area contributed by atoms with E-state index >= 15 is 0 Å². The first-order valence-corrected chi connectivity index (χ1v) is 8.14. The van der Waals surface area contributed by atoms with E-state index in [1.807, 2.05) is 6.07 Å². The van der Waals surface area contributed by atoms with Gasteiger partial charge in [0.2, 0.25) is 0 Å². The number of unbranched alkanes of at least 4 members (excludes halogenated alkanes) is 1. The number of esters is 1. The minimum absolute atomic E-state index is 0.0941. The zero-order chi connectivity index (χ0) is 17.9. The summed E-state index contributed by atoms with van der Waals surface area (Å²) in [5.41, 5.74) is 0.630. The number of hydrogen-bond acceptors (Lipinski definition) is 4. The smallest absolute Gasteiger partial charge is 0.348 e. The number of rotatable bonds is 9. The second kappa shape index (κ2) is 10.2. The van der Waals surface area contributed by atoms with Gasteiger partial charge in [0.15, 0.2) is 0 Å². The molecule has 0 saturated heterocycles. The lowest BCUT2D eigenvalue weighted by molar-refractivity contribution is -0.139. The number of carbonyl (C=O) groups excluding carboxylic acids is 1. The Hall–Kier alpha value is -2.61. The van der Waals surface area contributed by atoms with Crippen molar-refractivity contribution in [1.82, 2.24) is 0 Å². The Labute approximate surface area is 142 Å². The predicted molar refractivity (Wildman–Crippen MR) is 91.3 cm³/mol. The van der Waals surface area contributed by atoms with Crippen molar-refractivity contribution in [3.63, 3.8) is 0 Å². The van der Waals surface area contributed by atoms with Crippen LogP contribution in [0.3, 0.4) is 0 Å². The lowest BCUT2D eigenvalue weighted by Crippen LogP contribution is -2.15. The molecule has 128 valence electrons. The van der Waals surface area contributed by atoms with E-state index in [0.29, 0.717) is 18.1 Å². The van der Waals surface area contributed by atoms with Gasteiger partial charge in [-0.1, -0.05) is 45.2 Å². The van der Waals surface area contributed by atoms with E-state index in [4.69, 9.17) is 15.1 Å². The van der Waals surface area contributed by atoms with Crippen molar-refractivity contribution >= 4 is 18.0 Å². The molecule has 1 unspecified atom stereocenters. The molecule has 1 aromatic carbocycles. The Balaban J connectivity index is 2.72. The third-order valence-electron chi connectivity index (χ3n) is 3.80. The minimum Gasteiger partial charge on any atom is -0.478 e. The predicted octanol–water partition coefficient (Wildman–Crippen LogP) is 4.05. The van der Waals surface area contributed by atoms with E-state index in [2.05, 4.69) is 13.8 Å². The summed E-state index contributed by atoms with van der Waals surface area (Å²) in [4.78, 5) is 22.9. The van der Waals surface area contributed by atoms with Crippen LogP contribution in [0, 0.1) is 17.2 Å². The Morgan fingerprint density at radius 1 is 1.29 bits per heavy atom. The molecule has 24 heavy (non-hydrogen) atoms. The molecule has 0 aliphatic rings. The first-order valence-electron chi connectivity index (χ1n) is 8.14. The monoisotopic (exact) mass is 329 g/mol. The number of carboxylic acids is 1. The summed E-state index contributed by atoms with van der Waals surface area (Å²) >= 11 is 0. The molecule has 0 bridgehead atoms. The highest BCUT2D eigenvalue weighted by Crippen LogP contribution is 2.15. The molecule has 1 rings (SSSR count). The fraction of sp³-hybridized carbons (Fsp3) is 0.421. The maximum absolute atomic E-state index is 12.0. The molecule has 1 atom stereocenters. The third kappa shape index (κ3) is 6.25. The van der Waals surface area contributed by atoms with E-state index < -0.39 is 11.9 Å². The molecule has 0 saturated carbocycles. The highest BCUT2D eigenvalue weighted by molar-refractivity contribution is 5.98. The molecule has 0 aromatic heterocycles. The van der Waals surface area contributed by atoms with Crippen LogP contribution in [0.4, 0.5) is 0 Å². The van der Waals surface area contributed by atoms with Crippen LogP contribution in [0.25, 0.3) is 6.08 Å². The molecule has 0 aliphatic carbocycles. The molecule has 0 amide bonds. The summed E-state index contributed by atoms with van der Waals surface area (Å²) in [5.74, 6) is -1.36. The van der Waals surface area contributed by atoms with Crippen molar-refractivity contribution in [2.75, 3.05) is 6.61 Å². The molecule has 1 aromatic rings. The average molecular weight is 329 g/mol. The average Bonchev–Trinajstić information content (AvgIpc) is 2.60. The van der Waals surface area contributed by atoms with Crippen molar-refractivity contribution in [3.8, 4) is 6.07 Å². The van der Waals surface area contributed by atoms with Crippen LogP contribution in [0.1, 0.15) is 55.5 Å². The molecule has 5 nitrogen and oxygen atoms in total. The van der Waals surface area contributed by atoms with Gasteiger partial charge >= 0.3 is 11.9 Å². The van der Waals surface area contributed by atoms with Gasteiger partial charge in [0.05, 0.1) is 12.2 Å². The number of aromatic carboxylic acids is 1. The van der Waals surface area contributed by atoms with Crippen LogP contribution in [0.5, 0.6) is 0 Å². The number of benzene rings is 1. The first-order chi connectivity index (χ1) is 11.5. The minimum atomic E-state index is -1.02. The van der Waals surface area contributed by atoms with Gasteiger partial charge in [-0.15, -0.1) is 0 Å². The summed E-state index contributed by atoms with van der Waals surface area (Å²) in [7, 11) is 0. The molecule has 0 radical (unpaired) electrons. The van der Waals surface area contributed by atoms with Gasteiger partial charge < -0.3 is 9.84 Å². The second-order valence-electron chi connectivity index (χ2n) is 5.61. The zero-order valence-corrected chi connectivity index (χ0v) is 14.1. The Morgan fingerprint density at radius 2 is 1.96 bits per heavy atom. The molecule has 0 heterocycles. The largest absolute Gasteiger partial charge is 0.478 e. The van der Waals surface area contributed by atoms with Crippen LogP contribution >= 0.6 is 0 Å². The molecule has 0 fully saturated rings. The lowest BCUT2D eigenvalue weighted by Gasteiger charge is -2.14. The van der Waals surface area contributed by atoms with Crippen LogP contribution < -0.4 is 0 Å². The van der Waals surface area contributed by atoms with Crippen LogP contribution in [-0.2, 0) is 9.53 Å². The first kappa shape index (κ1) is 19.4. The van der Waals surface area contributed by atoms with Gasteiger partial charge in [0, 0.05) is 0 Å². The summed E-state index contributed by atoms with van der Waals surface area (Å²) in [6.45, 7) is 4.48. The number of nitrogens with zero attached hydrogens (tertiary/aromatic N) is 1. The van der Waals surface area contributed by atoms with E-state index in [1.54, 1.807) is 12.1 Å². The van der Waals surface area contributed by atoms with Crippen LogP contribution in [-0.4, -0.2) is 23.7 Å². The van der Waals surface area contributed by atoms with Crippen molar-refractivity contribution in [2.24, 2.45) is 5.92 Å². The van der Waals surface area contributed by atoms with Crippen molar-refractivity contribution in [2.45, 2.75) is 39.5 Å². The highest BCUT2D eigenvalue weighted by atomic mass is 16.5. The number of carbonyl (C=O) groups is 2. The van der Waals surface area contributed by atoms with Crippen LogP contribution in [0.15, 0.2) is 29.8 Å². The van der Waals surface area contributed by atoms with E-state index in [0.717, 1.165) is 25.7 Å². The van der Waals surface area contributed by atoms with Gasteiger partial charge in [-0.3, -0.25) is 0 Å². The second-order valence-corrected chi connectivity index (χ2v) is 5.61. The maximum atomic E-state index is 12.0. The lowest BCUT2D eigenvalue weighted by atomic mass is 10.0. The number of ether oxygens (including phenoxy) is 1. The molecule has 5 heteroatoms. The van der Waals surface area contributed by atoms with Crippen molar-refractivity contribution in [1.29, 1.82) is 5.26 Å². The number of carboxylic acid groups (broad SMARTS) is 1. The third-order valence-corrected chi connectivity index (χ3v) is 3.80. The van der Waals surface area contributed by atoms with E-state index in [1.165, 1.54) is 18.2 Å². The molecular formula is C19H23NO4. The molecule has 1 N–H and O–H groups in total. The zero-order valence-electron chi connectivity index (χ0n) is 14.1. The summed E-state index contributed by atoms with van der Waals surface area (Å²) in [5, 5.41) is 18.0. The highest BCUT2D eigenvalue weighted by Gasteiger charge is 2.14. The number of nitriles is 1.